The highest BCUT2D eigenvalue weighted by Crippen LogP contribution is 2.18. The van der Waals surface area contributed by atoms with Crippen LogP contribution in [0.15, 0.2) is 53.1 Å². The first kappa shape index (κ1) is 11.0. The van der Waals surface area contributed by atoms with Crippen molar-refractivity contribution in [1.29, 1.82) is 0 Å². The first-order chi connectivity index (χ1) is 8.84. The highest BCUT2D eigenvalue weighted by molar-refractivity contribution is 7.71. The molecule has 0 fully saturated rings. The minimum atomic E-state index is 0.576. The average molecular weight is 257 g/mol. The summed E-state index contributed by atoms with van der Waals surface area (Å²) < 4.78 is 7.85. The van der Waals surface area contributed by atoms with Crippen molar-refractivity contribution >= 4 is 12.2 Å². The maximum Gasteiger partial charge on any atom is 0.195 e. The standard InChI is InChI=1S/C13H11N3OS/c18-13-15-14-12(10-5-2-1-3-6-10)16(13)9-11-7-4-8-17-11/h1-8H,9H2,(H,15,18). The van der Waals surface area contributed by atoms with Gasteiger partial charge in [-0.1, -0.05) is 30.3 Å². The van der Waals surface area contributed by atoms with Crippen LogP contribution in [0.3, 0.4) is 0 Å². The van der Waals surface area contributed by atoms with E-state index in [-0.39, 0.29) is 0 Å². The number of aromatic amines is 1. The van der Waals surface area contributed by atoms with Crippen molar-refractivity contribution in [3.8, 4) is 11.4 Å². The summed E-state index contributed by atoms with van der Waals surface area (Å²) in [4.78, 5) is 0. The normalized spacial score (nSPS) is 10.7. The molecule has 0 aliphatic rings. The van der Waals surface area contributed by atoms with E-state index in [2.05, 4.69) is 10.2 Å². The summed E-state index contributed by atoms with van der Waals surface area (Å²) in [5.41, 5.74) is 1.02. The molecule has 0 atom stereocenters. The summed E-state index contributed by atoms with van der Waals surface area (Å²) in [7, 11) is 0. The Labute approximate surface area is 109 Å². The van der Waals surface area contributed by atoms with Crippen LogP contribution in [0, 0.1) is 4.77 Å². The van der Waals surface area contributed by atoms with E-state index in [0.717, 1.165) is 17.1 Å². The monoisotopic (exact) mass is 257 g/mol. The summed E-state index contributed by atoms with van der Waals surface area (Å²) in [5.74, 6) is 1.67. The van der Waals surface area contributed by atoms with Gasteiger partial charge in [-0.25, -0.2) is 0 Å². The fraction of sp³-hybridized carbons (Fsp3) is 0.0769. The van der Waals surface area contributed by atoms with Gasteiger partial charge in [-0.2, -0.15) is 5.10 Å². The third kappa shape index (κ3) is 2.00. The van der Waals surface area contributed by atoms with E-state index in [9.17, 15) is 0 Å². The molecule has 0 saturated carbocycles. The summed E-state index contributed by atoms with van der Waals surface area (Å²) in [5, 5.41) is 7.09. The lowest BCUT2D eigenvalue weighted by molar-refractivity contribution is 0.493. The molecule has 0 unspecified atom stereocenters. The molecule has 3 aromatic rings. The van der Waals surface area contributed by atoms with Crippen LogP contribution >= 0.6 is 12.2 Å². The van der Waals surface area contributed by atoms with Crippen LogP contribution in [0.1, 0.15) is 5.76 Å². The molecule has 0 bridgehead atoms. The summed E-state index contributed by atoms with van der Waals surface area (Å²) in [6, 6.07) is 13.7. The quantitative estimate of drug-likeness (QED) is 0.733. The summed E-state index contributed by atoms with van der Waals surface area (Å²) in [6.07, 6.45) is 1.65. The molecule has 4 nitrogen and oxygen atoms in total. The smallest absolute Gasteiger partial charge is 0.195 e. The van der Waals surface area contributed by atoms with Crippen molar-refractivity contribution in [3.05, 3.63) is 59.3 Å². The Balaban J connectivity index is 2.04. The number of nitrogens with zero attached hydrogens (tertiary/aromatic N) is 2. The number of nitrogens with one attached hydrogen (secondary N) is 1. The fourth-order valence-corrected chi connectivity index (χ4v) is 2.03. The van der Waals surface area contributed by atoms with E-state index in [1.54, 1.807) is 6.26 Å². The third-order valence-corrected chi connectivity index (χ3v) is 3.00. The van der Waals surface area contributed by atoms with Crippen LogP contribution in [0.2, 0.25) is 0 Å². The molecule has 0 aliphatic carbocycles. The topological polar surface area (TPSA) is 46.8 Å². The largest absolute Gasteiger partial charge is 0.467 e. The van der Waals surface area contributed by atoms with Crippen LogP contribution in [0.4, 0.5) is 0 Å². The SMILES string of the molecule is S=c1[nH]nc(-c2ccccc2)n1Cc1ccco1. The van der Waals surface area contributed by atoms with Gasteiger partial charge in [0.2, 0.25) is 0 Å². The lowest BCUT2D eigenvalue weighted by Gasteiger charge is -2.04. The number of hydrogen-bond acceptors (Lipinski definition) is 3. The van der Waals surface area contributed by atoms with Crippen molar-refractivity contribution < 1.29 is 4.42 Å². The second kappa shape index (κ2) is 4.62. The second-order valence-corrected chi connectivity index (χ2v) is 4.27. The van der Waals surface area contributed by atoms with Gasteiger partial charge in [-0.15, -0.1) is 0 Å². The van der Waals surface area contributed by atoms with Crippen LogP contribution < -0.4 is 0 Å². The highest BCUT2D eigenvalue weighted by atomic mass is 32.1. The van der Waals surface area contributed by atoms with Crippen LogP contribution in [-0.2, 0) is 6.54 Å². The third-order valence-electron chi connectivity index (χ3n) is 2.68. The molecule has 0 saturated heterocycles. The molecule has 0 spiro atoms. The molecule has 0 amide bonds. The van der Waals surface area contributed by atoms with Gasteiger partial charge in [0.1, 0.15) is 5.76 Å². The van der Waals surface area contributed by atoms with Crippen molar-refractivity contribution in [2.45, 2.75) is 6.54 Å². The van der Waals surface area contributed by atoms with Gasteiger partial charge in [0.25, 0.3) is 0 Å². The van der Waals surface area contributed by atoms with E-state index in [4.69, 9.17) is 16.6 Å². The number of rotatable bonds is 3. The molecule has 1 aromatic carbocycles. The number of H-pyrrole nitrogens is 1. The number of aromatic nitrogens is 3. The van der Waals surface area contributed by atoms with Gasteiger partial charge in [-0.05, 0) is 24.4 Å². The first-order valence-electron chi connectivity index (χ1n) is 5.57. The number of hydrogen-bond donors (Lipinski definition) is 1. The molecule has 2 aromatic heterocycles. The van der Waals surface area contributed by atoms with Gasteiger partial charge in [0, 0.05) is 5.56 Å². The van der Waals surface area contributed by atoms with Gasteiger partial charge in [-0.3, -0.25) is 9.67 Å². The Morgan fingerprint density at radius 2 is 2.00 bits per heavy atom. The fourth-order valence-electron chi connectivity index (χ4n) is 1.83. The van der Waals surface area contributed by atoms with Crippen LogP contribution in [-0.4, -0.2) is 14.8 Å². The molecular weight excluding hydrogens is 246 g/mol. The van der Waals surface area contributed by atoms with Gasteiger partial charge in [0.15, 0.2) is 10.6 Å². The minimum absolute atomic E-state index is 0.576. The lowest BCUT2D eigenvalue weighted by Crippen LogP contribution is -2.01. The van der Waals surface area contributed by atoms with E-state index < -0.39 is 0 Å². The second-order valence-electron chi connectivity index (χ2n) is 3.88. The van der Waals surface area contributed by atoms with Crippen molar-refractivity contribution in [2.24, 2.45) is 0 Å². The van der Waals surface area contributed by atoms with E-state index in [1.807, 2.05) is 47.0 Å². The molecule has 1 N–H and O–H groups in total. The Hall–Kier alpha value is -2.14. The molecule has 5 heteroatoms. The van der Waals surface area contributed by atoms with E-state index in [1.165, 1.54) is 0 Å². The maximum atomic E-state index is 5.34. The van der Waals surface area contributed by atoms with Crippen molar-refractivity contribution in [3.63, 3.8) is 0 Å². The molecule has 90 valence electrons. The van der Waals surface area contributed by atoms with Gasteiger partial charge < -0.3 is 4.42 Å². The zero-order valence-corrected chi connectivity index (χ0v) is 10.4. The minimum Gasteiger partial charge on any atom is -0.467 e. The molecule has 0 aliphatic heterocycles. The first-order valence-corrected chi connectivity index (χ1v) is 5.98. The van der Waals surface area contributed by atoms with Crippen molar-refractivity contribution in [2.75, 3.05) is 0 Å². The average Bonchev–Trinajstić information content (AvgIpc) is 3.03. The Morgan fingerprint density at radius 1 is 1.17 bits per heavy atom. The predicted octanol–water partition coefficient (Wildman–Crippen LogP) is 3.25. The van der Waals surface area contributed by atoms with Crippen LogP contribution in [0.25, 0.3) is 11.4 Å². The Kier molecular flexibility index (Phi) is 2.82. The zero-order valence-electron chi connectivity index (χ0n) is 9.54. The molecule has 18 heavy (non-hydrogen) atoms. The van der Waals surface area contributed by atoms with E-state index >= 15 is 0 Å². The number of furan rings is 1. The molecule has 2 heterocycles. The highest BCUT2D eigenvalue weighted by Gasteiger charge is 2.09. The predicted molar refractivity (Wildman–Crippen MR) is 70.7 cm³/mol. The Morgan fingerprint density at radius 3 is 2.72 bits per heavy atom. The summed E-state index contributed by atoms with van der Waals surface area (Å²) >= 11 is 5.25. The van der Waals surface area contributed by atoms with Crippen molar-refractivity contribution in [1.82, 2.24) is 14.8 Å². The lowest BCUT2D eigenvalue weighted by atomic mass is 10.2. The molecular formula is C13H11N3OS. The van der Waals surface area contributed by atoms with E-state index in [0.29, 0.717) is 11.3 Å². The number of benzene rings is 1. The van der Waals surface area contributed by atoms with Gasteiger partial charge >= 0.3 is 0 Å². The molecule has 3 rings (SSSR count). The zero-order chi connectivity index (χ0) is 12.4. The molecule has 0 radical (unpaired) electrons. The summed E-state index contributed by atoms with van der Waals surface area (Å²) in [6.45, 7) is 0.576. The van der Waals surface area contributed by atoms with Gasteiger partial charge in [0.05, 0.1) is 12.8 Å². The van der Waals surface area contributed by atoms with Crippen LogP contribution in [0.5, 0.6) is 0 Å². The Bertz CT molecular complexity index is 683. The maximum absolute atomic E-state index is 5.34.